The van der Waals surface area contributed by atoms with Crippen molar-refractivity contribution in [3.05, 3.63) is 29.8 Å². The Morgan fingerprint density at radius 2 is 2.00 bits per heavy atom. The number of benzene rings is 1. The zero-order chi connectivity index (χ0) is 14.2. The van der Waals surface area contributed by atoms with Gasteiger partial charge in [0.25, 0.3) is 0 Å². The molecule has 1 fully saturated rings. The van der Waals surface area contributed by atoms with Crippen LogP contribution < -0.4 is 10.1 Å². The van der Waals surface area contributed by atoms with Crippen molar-refractivity contribution in [3.63, 3.8) is 0 Å². The van der Waals surface area contributed by atoms with Gasteiger partial charge in [-0.2, -0.15) is 0 Å². The Hall–Kier alpha value is -1.06. The zero-order valence-corrected chi connectivity index (χ0v) is 12.7. The summed E-state index contributed by atoms with van der Waals surface area (Å²) in [6, 6.07) is 8.51. The summed E-state index contributed by atoms with van der Waals surface area (Å²) in [6.07, 6.45) is 5.44. The Bertz CT molecular complexity index is 373. The van der Waals surface area contributed by atoms with Gasteiger partial charge in [-0.25, -0.2) is 0 Å². The lowest BCUT2D eigenvalue weighted by atomic mass is 9.83. The topological polar surface area (TPSA) is 30.5 Å². The number of hydrogen-bond acceptors (Lipinski definition) is 3. The first-order valence-electron chi connectivity index (χ1n) is 7.78. The molecule has 0 heterocycles. The molecule has 1 aliphatic rings. The summed E-state index contributed by atoms with van der Waals surface area (Å²) >= 11 is 0. The SMILES string of the molecule is CCNC(COCCC1CCC1)c1ccc(OC)cc1. The minimum atomic E-state index is 0.271. The highest BCUT2D eigenvalue weighted by molar-refractivity contribution is 5.29. The molecular weight excluding hydrogens is 250 g/mol. The lowest BCUT2D eigenvalue weighted by Crippen LogP contribution is -2.26. The largest absolute Gasteiger partial charge is 0.497 e. The second-order valence-corrected chi connectivity index (χ2v) is 5.54. The van der Waals surface area contributed by atoms with Crippen molar-refractivity contribution in [2.45, 2.75) is 38.6 Å². The van der Waals surface area contributed by atoms with Crippen molar-refractivity contribution in [3.8, 4) is 5.75 Å². The maximum absolute atomic E-state index is 5.87. The van der Waals surface area contributed by atoms with Crippen LogP contribution in [0, 0.1) is 5.92 Å². The second-order valence-electron chi connectivity index (χ2n) is 5.54. The van der Waals surface area contributed by atoms with Gasteiger partial charge < -0.3 is 14.8 Å². The van der Waals surface area contributed by atoms with Gasteiger partial charge in [-0.15, -0.1) is 0 Å². The number of methoxy groups -OCH3 is 1. The summed E-state index contributed by atoms with van der Waals surface area (Å²) in [4.78, 5) is 0. The van der Waals surface area contributed by atoms with Crippen molar-refractivity contribution in [2.24, 2.45) is 5.92 Å². The minimum absolute atomic E-state index is 0.271. The van der Waals surface area contributed by atoms with Crippen molar-refractivity contribution >= 4 is 0 Å². The Labute approximate surface area is 122 Å². The molecule has 0 aliphatic heterocycles. The molecule has 1 aliphatic carbocycles. The first-order chi connectivity index (χ1) is 9.83. The van der Waals surface area contributed by atoms with E-state index in [2.05, 4.69) is 24.4 Å². The van der Waals surface area contributed by atoms with Crippen molar-refractivity contribution in [1.82, 2.24) is 5.32 Å². The third-order valence-electron chi connectivity index (χ3n) is 4.15. The van der Waals surface area contributed by atoms with Gasteiger partial charge in [-0.3, -0.25) is 0 Å². The highest BCUT2D eigenvalue weighted by atomic mass is 16.5. The number of hydrogen-bond donors (Lipinski definition) is 1. The molecular formula is C17H27NO2. The number of rotatable bonds is 9. The Morgan fingerprint density at radius 1 is 1.25 bits per heavy atom. The van der Waals surface area contributed by atoms with Crippen LogP contribution in [0.3, 0.4) is 0 Å². The molecule has 3 nitrogen and oxygen atoms in total. The molecule has 0 radical (unpaired) electrons. The normalized spacial score (nSPS) is 16.7. The molecule has 1 atom stereocenters. The van der Waals surface area contributed by atoms with E-state index in [1.165, 1.54) is 31.2 Å². The molecule has 0 aromatic heterocycles. The van der Waals surface area contributed by atoms with Gasteiger partial charge in [0.15, 0.2) is 0 Å². The number of nitrogens with one attached hydrogen (secondary N) is 1. The van der Waals surface area contributed by atoms with Crippen molar-refractivity contribution in [1.29, 1.82) is 0 Å². The second kappa shape index (κ2) is 8.28. The molecule has 1 N–H and O–H groups in total. The molecule has 1 aromatic rings. The van der Waals surface area contributed by atoms with E-state index in [0.717, 1.165) is 31.4 Å². The molecule has 1 saturated carbocycles. The van der Waals surface area contributed by atoms with Gasteiger partial charge in [-0.1, -0.05) is 38.3 Å². The van der Waals surface area contributed by atoms with E-state index in [-0.39, 0.29) is 6.04 Å². The maximum Gasteiger partial charge on any atom is 0.118 e. The first kappa shape index (κ1) is 15.3. The highest BCUT2D eigenvalue weighted by Crippen LogP contribution is 2.29. The van der Waals surface area contributed by atoms with Gasteiger partial charge in [-0.05, 0) is 36.6 Å². The molecule has 1 unspecified atom stereocenters. The predicted molar refractivity (Wildman–Crippen MR) is 82.2 cm³/mol. The minimum Gasteiger partial charge on any atom is -0.497 e. The van der Waals surface area contributed by atoms with Gasteiger partial charge >= 0.3 is 0 Å². The molecule has 112 valence electrons. The van der Waals surface area contributed by atoms with Gasteiger partial charge in [0, 0.05) is 6.61 Å². The summed E-state index contributed by atoms with van der Waals surface area (Å²) in [5.74, 6) is 1.82. The van der Waals surface area contributed by atoms with E-state index in [1.54, 1.807) is 7.11 Å². The number of ether oxygens (including phenoxy) is 2. The monoisotopic (exact) mass is 277 g/mol. The molecule has 0 bridgehead atoms. The van der Waals surface area contributed by atoms with Crippen LogP contribution in [0.15, 0.2) is 24.3 Å². The van der Waals surface area contributed by atoms with E-state index < -0.39 is 0 Å². The Balaban J connectivity index is 1.78. The Morgan fingerprint density at radius 3 is 2.55 bits per heavy atom. The van der Waals surface area contributed by atoms with Gasteiger partial charge in [0.2, 0.25) is 0 Å². The maximum atomic E-state index is 5.87. The van der Waals surface area contributed by atoms with Crippen LogP contribution in [0.2, 0.25) is 0 Å². The summed E-state index contributed by atoms with van der Waals surface area (Å²) in [7, 11) is 1.69. The van der Waals surface area contributed by atoms with E-state index in [9.17, 15) is 0 Å². The van der Waals surface area contributed by atoms with Crippen LogP contribution in [0.1, 0.15) is 44.2 Å². The van der Waals surface area contributed by atoms with Crippen LogP contribution in [-0.2, 0) is 4.74 Å². The van der Waals surface area contributed by atoms with Crippen LogP contribution in [0.25, 0.3) is 0 Å². The van der Waals surface area contributed by atoms with Crippen LogP contribution in [0.4, 0.5) is 0 Å². The van der Waals surface area contributed by atoms with Gasteiger partial charge in [0.1, 0.15) is 5.75 Å². The molecule has 0 spiro atoms. The van der Waals surface area contributed by atoms with Gasteiger partial charge in [0.05, 0.1) is 19.8 Å². The third-order valence-corrected chi connectivity index (χ3v) is 4.15. The van der Waals surface area contributed by atoms with Crippen molar-refractivity contribution < 1.29 is 9.47 Å². The van der Waals surface area contributed by atoms with E-state index >= 15 is 0 Å². The summed E-state index contributed by atoms with van der Waals surface area (Å²) in [5.41, 5.74) is 1.26. The van der Waals surface area contributed by atoms with E-state index in [1.807, 2.05) is 12.1 Å². The van der Waals surface area contributed by atoms with E-state index in [4.69, 9.17) is 9.47 Å². The lowest BCUT2D eigenvalue weighted by molar-refractivity contribution is 0.0891. The fourth-order valence-corrected chi connectivity index (χ4v) is 2.59. The summed E-state index contributed by atoms with van der Waals surface area (Å²) in [6.45, 7) is 4.71. The van der Waals surface area contributed by atoms with Crippen LogP contribution in [-0.4, -0.2) is 26.9 Å². The Kier molecular flexibility index (Phi) is 6.34. The molecule has 0 amide bonds. The molecule has 20 heavy (non-hydrogen) atoms. The molecule has 1 aromatic carbocycles. The zero-order valence-electron chi connectivity index (χ0n) is 12.7. The molecule has 0 saturated heterocycles. The highest BCUT2D eigenvalue weighted by Gasteiger charge is 2.17. The smallest absolute Gasteiger partial charge is 0.118 e. The fourth-order valence-electron chi connectivity index (χ4n) is 2.59. The van der Waals surface area contributed by atoms with Crippen LogP contribution in [0.5, 0.6) is 5.75 Å². The number of likely N-dealkylation sites (N-methyl/N-ethyl adjacent to an activating group) is 1. The van der Waals surface area contributed by atoms with E-state index in [0.29, 0.717) is 0 Å². The molecule has 3 heteroatoms. The predicted octanol–water partition coefficient (Wildman–Crippen LogP) is 3.55. The summed E-state index contributed by atoms with van der Waals surface area (Å²) in [5, 5.41) is 3.49. The first-order valence-corrected chi connectivity index (χ1v) is 7.78. The quantitative estimate of drug-likeness (QED) is 0.700. The fraction of sp³-hybridized carbons (Fsp3) is 0.647. The average Bonchev–Trinajstić information content (AvgIpc) is 2.44. The molecule has 2 rings (SSSR count). The summed E-state index contributed by atoms with van der Waals surface area (Å²) < 4.78 is 11.1. The third kappa shape index (κ3) is 4.50. The average molecular weight is 277 g/mol. The van der Waals surface area contributed by atoms with Crippen molar-refractivity contribution in [2.75, 3.05) is 26.9 Å². The van der Waals surface area contributed by atoms with Crippen LogP contribution >= 0.6 is 0 Å². The standard InChI is InChI=1S/C17H27NO2/c1-3-18-17(13-20-12-11-14-5-4-6-14)15-7-9-16(19-2)10-8-15/h7-10,14,17-18H,3-6,11-13H2,1-2H3. The lowest BCUT2D eigenvalue weighted by Gasteiger charge is -2.25.